The van der Waals surface area contributed by atoms with Crippen molar-refractivity contribution in [3.63, 3.8) is 0 Å². The van der Waals surface area contributed by atoms with Gasteiger partial charge in [-0.3, -0.25) is 29.9 Å². The van der Waals surface area contributed by atoms with Gasteiger partial charge in [-0.25, -0.2) is 9.67 Å². The number of nitrogens with two attached hydrogens (primary N) is 1. The van der Waals surface area contributed by atoms with Crippen LogP contribution >= 0.6 is 35.0 Å². The van der Waals surface area contributed by atoms with Crippen LogP contribution in [0.15, 0.2) is 24.8 Å². The predicted octanol–water partition coefficient (Wildman–Crippen LogP) is 6.34. The van der Waals surface area contributed by atoms with Crippen molar-refractivity contribution >= 4 is 81.0 Å². The van der Waals surface area contributed by atoms with E-state index in [9.17, 15) is 19.8 Å². The van der Waals surface area contributed by atoms with Crippen LogP contribution in [0.2, 0.25) is 10.0 Å². The first-order chi connectivity index (χ1) is 38.2. The van der Waals surface area contributed by atoms with E-state index >= 15 is 9.59 Å². The maximum Gasteiger partial charge on any atom is 0.312 e. The number of ether oxygens (including phenoxy) is 8. The van der Waals surface area contributed by atoms with E-state index in [0.717, 1.165) is 0 Å². The van der Waals surface area contributed by atoms with Crippen LogP contribution in [-0.2, 0) is 58.8 Å². The highest BCUT2D eigenvalue weighted by Gasteiger charge is 2.62. The van der Waals surface area contributed by atoms with Crippen molar-refractivity contribution in [2.24, 2.45) is 41.2 Å². The van der Waals surface area contributed by atoms with Crippen molar-refractivity contribution < 1.29 is 67.3 Å². The fourth-order valence-electron chi connectivity index (χ4n) is 12.5. The number of carbonyl (C=O) groups excluding carboxylic acids is 4. The SMILES string of the molecule is CC[C@H]1OC(=O)C(C)[C@@H](OC2C[C@](C)(OC)[C@@H](O)C(C)O2)C(C)C(O[C@@H]2OC(C)CC(N(C)C)[C@H]2O)C(C)(OC)C[C@@H](C)C(=O)C(C)C2C(CSCCNc3c(C(=O)Nc4c(Cl)cncc4Cl)cnc4c3cnn4CC)C(=O)O[C@@]21N. The molecule has 452 valence electrons. The number of hydrogen-bond acceptors (Lipinski definition) is 21. The zero-order valence-corrected chi connectivity index (χ0v) is 51.3. The Hall–Kier alpha value is -3.82. The lowest BCUT2D eigenvalue weighted by Crippen LogP contribution is -2.62. The maximum atomic E-state index is 15.3. The summed E-state index contributed by atoms with van der Waals surface area (Å²) < 4.78 is 53.3. The summed E-state index contributed by atoms with van der Waals surface area (Å²) in [6.45, 7) is 18.7. The van der Waals surface area contributed by atoms with E-state index in [1.807, 2.05) is 46.7 Å². The molecule has 7 heterocycles. The molecule has 11 unspecified atom stereocenters. The molecule has 25 heteroatoms. The second-order valence-electron chi connectivity index (χ2n) is 23.0. The lowest BCUT2D eigenvalue weighted by Gasteiger charge is -2.50. The first kappa shape index (κ1) is 64.7. The highest BCUT2D eigenvalue weighted by Crippen LogP contribution is 2.48. The number of amides is 1. The van der Waals surface area contributed by atoms with Gasteiger partial charge in [-0.1, -0.05) is 50.9 Å². The van der Waals surface area contributed by atoms with Gasteiger partial charge in [0.25, 0.3) is 5.91 Å². The van der Waals surface area contributed by atoms with Crippen LogP contribution in [-0.4, -0.2) is 183 Å². The quantitative estimate of drug-likeness (QED) is 0.0728. The Kier molecular flexibility index (Phi) is 21.3. The van der Waals surface area contributed by atoms with Crippen LogP contribution in [0, 0.1) is 35.5 Å². The van der Waals surface area contributed by atoms with Crippen molar-refractivity contribution in [2.45, 2.75) is 180 Å². The molecular formula is C56H84Cl2N8O14S. The Balaban J connectivity index is 1.20. The second-order valence-corrected chi connectivity index (χ2v) is 25.0. The summed E-state index contributed by atoms with van der Waals surface area (Å²) in [5.74, 6) is -7.11. The first-order valence-corrected chi connectivity index (χ1v) is 29.9. The van der Waals surface area contributed by atoms with Crippen molar-refractivity contribution in [3.8, 4) is 0 Å². The molecule has 4 aliphatic rings. The number of nitrogens with zero attached hydrogens (tertiary/aromatic N) is 5. The molecule has 1 amide bonds. The molecule has 4 saturated heterocycles. The summed E-state index contributed by atoms with van der Waals surface area (Å²) in [5.41, 5.74) is 4.36. The lowest BCUT2D eigenvalue weighted by atomic mass is 9.70. The van der Waals surface area contributed by atoms with Crippen LogP contribution < -0.4 is 16.4 Å². The van der Waals surface area contributed by atoms with Crippen LogP contribution in [0.3, 0.4) is 0 Å². The Morgan fingerprint density at radius 2 is 1.60 bits per heavy atom. The number of Topliss-reactive ketones (excluding diaryl/α,β-unsaturated/α-hetero) is 1. The molecule has 22 nitrogen and oxygen atoms in total. The number of aromatic nitrogens is 4. The number of fused-ring (bicyclic) bond motifs is 2. The Morgan fingerprint density at radius 1 is 0.926 bits per heavy atom. The molecule has 19 atom stereocenters. The number of aryl methyl sites for hydroxylation is 1. The molecule has 3 aromatic rings. The third kappa shape index (κ3) is 13.4. The van der Waals surface area contributed by atoms with E-state index in [1.54, 1.807) is 52.4 Å². The second kappa shape index (κ2) is 26.6. The molecule has 0 spiro atoms. The molecule has 4 aliphatic heterocycles. The average molecular weight is 1200 g/mol. The number of aliphatic hydroxyl groups excluding tert-OH is 2. The van der Waals surface area contributed by atoms with Gasteiger partial charge >= 0.3 is 11.9 Å². The number of pyridine rings is 2. The summed E-state index contributed by atoms with van der Waals surface area (Å²) in [6, 6.07) is -0.338. The Bertz CT molecular complexity index is 2690. The van der Waals surface area contributed by atoms with Gasteiger partial charge in [-0.15, -0.1) is 0 Å². The smallest absolute Gasteiger partial charge is 0.312 e. The van der Waals surface area contributed by atoms with Gasteiger partial charge in [-0.2, -0.15) is 16.9 Å². The van der Waals surface area contributed by atoms with Crippen LogP contribution in [0.25, 0.3) is 11.0 Å². The molecule has 7 rings (SSSR count). The lowest BCUT2D eigenvalue weighted by molar-refractivity contribution is -0.319. The van der Waals surface area contributed by atoms with Gasteiger partial charge in [0.15, 0.2) is 24.3 Å². The number of nitrogens with one attached hydrogen (secondary N) is 2. The average Bonchev–Trinajstić information content (AvgIpc) is 3.26. The monoisotopic (exact) mass is 1190 g/mol. The molecular weight excluding hydrogens is 1110 g/mol. The topological polar surface area (TPSA) is 280 Å². The molecule has 0 saturated carbocycles. The minimum absolute atomic E-state index is 0.0665. The molecule has 0 bridgehead atoms. The first-order valence-electron chi connectivity index (χ1n) is 28.0. The highest BCUT2D eigenvalue weighted by molar-refractivity contribution is 7.99. The van der Waals surface area contributed by atoms with Crippen LogP contribution in [0.4, 0.5) is 11.4 Å². The standard InChI is InChI=1S/C56H84Cl2N8O14S/c1-15-39-56(59)41(35(52(72)80-56)26-81-18-17-61-42-33-23-63-66(16-2)49(33)62-22-34(42)50(70)64-43-36(57)24-60-25-37(43)58)29(5)44(67)27(3)20-55(10,74-14)48(79-53-45(68)38(65(11)12)19-28(4)75-53)30(6)46(31(7)51(71)77-39)78-40-21-54(9,73-13)47(69)32(8)76-40/h22-25,27-32,35,38-41,45-48,53,68-69H,15-21,26,59H2,1-14H3,(H,61,62)(H,60,64,70)/t27-,28?,29?,30?,31?,32?,35?,38?,39-,40?,41?,45-,46+,47+,48?,53+,54+,55?,56-/m1/s1. The normalized spacial score (nSPS) is 37.2. The van der Waals surface area contributed by atoms with Crippen molar-refractivity contribution in [1.29, 1.82) is 0 Å². The molecule has 4 fully saturated rings. The van der Waals surface area contributed by atoms with Gasteiger partial charge in [0.2, 0.25) is 5.72 Å². The molecule has 0 aliphatic carbocycles. The molecule has 0 radical (unpaired) electrons. The number of likely N-dealkylation sites (N-methyl/N-ethyl adjacent to an activating group) is 1. The van der Waals surface area contributed by atoms with Gasteiger partial charge < -0.3 is 63.6 Å². The number of anilines is 2. The number of halogens is 2. The van der Waals surface area contributed by atoms with E-state index < -0.39 is 119 Å². The number of rotatable bonds is 17. The Morgan fingerprint density at radius 3 is 2.23 bits per heavy atom. The van der Waals surface area contributed by atoms with E-state index in [1.165, 1.54) is 44.6 Å². The number of cyclic esters (lactones) is 1. The number of esters is 2. The van der Waals surface area contributed by atoms with Gasteiger partial charge in [0.05, 0.1) is 86.0 Å². The number of aliphatic hydroxyl groups is 2. The van der Waals surface area contributed by atoms with Crippen LogP contribution in [0.5, 0.6) is 0 Å². The molecule has 6 N–H and O–H groups in total. The third-order valence-electron chi connectivity index (χ3n) is 17.3. The van der Waals surface area contributed by atoms with E-state index in [0.29, 0.717) is 42.0 Å². The zero-order chi connectivity index (χ0) is 59.6. The predicted molar refractivity (Wildman–Crippen MR) is 306 cm³/mol. The fraction of sp³-hybridized carbons (Fsp3) is 0.732. The molecule has 81 heavy (non-hydrogen) atoms. The van der Waals surface area contributed by atoms with E-state index in [-0.39, 0.29) is 64.2 Å². The Labute approximate surface area is 489 Å². The summed E-state index contributed by atoms with van der Waals surface area (Å²) in [5, 5.41) is 34.6. The third-order valence-corrected chi connectivity index (χ3v) is 18.9. The van der Waals surface area contributed by atoms with Gasteiger partial charge in [0, 0.05) is 93.5 Å². The van der Waals surface area contributed by atoms with Crippen molar-refractivity contribution in [1.82, 2.24) is 24.6 Å². The molecule has 3 aromatic heterocycles. The number of carbonyl (C=O) groups is 4. The minimum atomic E-state index is -1.96. The number of ketones is 1. The largest absolute Gasteiger partial charge is 0.456 e. The van der Waals surface area contributed by atoms with Gasteiger partial charge in [0.1, 0.15) is 18.0 Å². The number of hydrogen-bond donors (Lipinski definition) is 5. The summed E-state index contributed by atoms with van der Waals surface area (Å²) in [6.07, 6.45) is -2.13. The minimum Gasteiger partial charge on any atom is -0.456 e. The van der Waals surface area contributed by atoms with E-state index in [2.05, 4.69) is 25.7 Å². The maximum absolute atomic E-state index is 15.3. The van der Waals surface area contributed by atoms with Crippen molar-refractivity contribution in [3.05, 3.63) is 40.4 Å². The zero-order valence-electron chi connectivity index (χ0n) is 49.0. The van der Waals surface area contributed by atoms with Crippen LogP contribution in [0.1, 0.15) is 105 Å². The summed E-state index contributed by atoms with van der Waals surface area (Å²) >= 11 is 14.1. The van der Waals surface area contributed by atoms with E-state index in [4.69, 9.17) is 66.8 Å². The summed E-state index contributed by atoms with van der Waals surface area (Å²) in [7, 11) is 6.77. The van der Waals surface area contributed by atoms with Gasteiger partial charge in [-0.05, 0) is 74.9 Å². The number of thioether (sulfide) groups is 1. The fourth-order valence-corrected chi connectivity index (χ4v) is 14.0. The van der Waals surface area contributed by atoms with Crippen molar-refractivity contribution in [2.75, 3.05) is 57.0 Å². The molecule has 0 aromatic carbocycles. The highest BCUT2D eigenvalue weighted by atomic mass is 35.5. The number of methoxy groups -OCH3 is 2. The summed E-state index contributed by atoms with van der Waals surface area (Å²) in [4.78, 5) is 69.1.